The van der Waals surface area contributed by atoms with Crippen molar-refractivity contribution in [2.24, 2.45) is 16.8 Å². The van der Waals surface area contributed by atoms with Crippen LogP contribution in [0.5, 0.6) is 0 Å². The number of carboxylic acids is 2. The summed E-state index contributed by atoms with van der Waals surface area (Å²) in [6.07, 6.45) is 4.84. The number of oxime groups is 1. The number of carbonyl (C=O) groups is 5. The van der Waals surface area contributed by atoms with Crippen LogP contribution < -0.4 is 21.1 Å². The third kappa shape index (κ3) is 8.42. The van der Waals surface area contributed by atoms with E-state index in [0.717, 1.165) is 27.9 Å². The number of anilines is 1. The van der Waals surface area contributed by atoms with E-state index in [1.54, 1.807) is 27.7 Å². The number of aromatic nitrogens is 4. The van der Waals surface area contributed by atoms with Gasteiger partial charge in [0, 0.05) is 63.1 Å². The van der Waals surface area contributed by atoms with E-state index >= 15 is 0 Å². The summed E-state index contributed by atoms with van der Waals surface area (Å²) in [5.41, 5.74) is 10.1. The lowest BCUT2D eigenvalue weighted by atomic mass is 9.89. The number of benzene rings is 1. The molecular weight excluding hydrogens is 785 g/mol. The molecular formula is C33H31ClFN9O9S2. The summed E-state index contributed by atoms with van der Waals surface area (Å²) in [5.74, 6) is -6.15. The number of nitrogens with two attached hydrogens (primary N) is 2. The van der Waals surface area contributed by atoms with Gasteiger partial charge >= 0.3 is 5.97 Å². The van der Waals surface area contributed by atoms with Crippen molar-refractivity contribution in [1.29, 1.82) is 5.41 Å². The highest BCUT2D eigenvalue weighted by Gasteiger charge is 2.53. The summed E-state index contributed by atoms with van der Waals surface area (Å²) in [7, 11) is 0. The number of carbonyl (C=O) groups excluding carboxylic acids is 3. The van der Waals surface area contributed by atoms with Gasteiger partial charge in [0.1, 0.15) is 17.2 Å². The van der Waals surface area contributed by atoms with E-state index in [4.69, 9.17) is 43.2 Å². The maximum absolute atomic E-state index is 15.0. The van der Waals surface area contributed by atoms with Crippen LogP contribution in [0.3, 0.4) is 0 Å². The number of ketones is 1. The number of β-lactam (4-membered cyclic amide) rings is 1. The molecule has 7 N–H and O–H groups in total. The third-order valence-corrected chi connectivity index (χ3v) is 10.8. The Morgan fingerprint density at radius 2 is 2.02 bits per heavy atom. The van der Waals surface area contributed by atoms with Crippen LogP contribution in [0.4, 0.5) is 9.52 Å². The summed E-state index contributed by atoms with van der Waals surface area (Å²) >= 11 is 8.39. The summed E-state index contributed by atoms with van der Waals surface area (Å²) in [6, 6.07) is 6.21. The molecule has 2 aliphatic rings. The van der Waals surface area contributed by atoms with Crippen LogP contribution in [0.2, 0.25) is 5.02 Å². The standard InChI is InChI=1S/C32H29ClFN9O7S2.CH2O2/c1-32(2,30(48)49)50-39-23(26-38-31(37)52-40-26)22(44)9-17-27(45)43-24(29(46)47)16(13-51-28(17)43)10-41-5-3-14-4-6-42(21(14)12-41)11-18-19(33)7-15(25(35)36)8-20(18)34;2-1-3/h3-8,12,17,28H,9-11,13H2,1-2H3,(H6-,35,36,37,38,40,46,47,48,49);1H,(H,2,3)/b39-23+;/t17-,28-;/m1./s1. The van der Waals surface area contributed by atoms with Crippen LogP contribution in [-0.2, 0) is 41.9 Å². The Kier molecular flexibility index (Phi) is 11.9. The minimum Gasteiger partial charge on any atom is -0.543 e. The zero-order valence-electron chi connectivity index (χ0n) is 28.8. The first kappa shape index (κ1) is 40.3. The number of carboxylic acid groups (broad SMARTS) is 3. The zero-order valence-corrected chi connectivity index (χ0v) is 31.2. The summed E-state index contributed by atoms with van der Waals surface area (Å²) < 4.78 is 22.4. The van der Waals surface area contributed by atoms with Crippen LogP contribution in [0.15, 0.2) is 59.3 Å². The van der Waals surface area contributed by atoms with Gasteiger partial charge in [-0.1, -0.05) is 16.8 Å². The first-order valence-electron chi connectivity index (χ1n) is 15.9. The molecule has 2 atom stereocenters. The quantitative estimate of drug-likeness (QED) is 0.0314. The molecule has 22 heteroatoms. The number of nitrogen functional groups attached to an aromatic ring is 2. The Hall–Kier alpha value is -5.93. The molecule has 4 aromatic rings. The number of nitrogens with zero attached hydrogens (tertiary/aromatic N) is 6. The molecule has 0 bridgehead atoms. The van der Waals surface area contributed by atoms with E-state index in [-0.39, 0.29) is 64.0 Å². The fraction of sp³-hybridized carbons (Fsp3) is 0.273. The van der Waals surface area contributed by atoms with E-state index < -0.39 is 58.5 Å². The predicted octanol–water partition coefficient (Wildman–Crippen LogP) is 0.967. The van der Waals surface area contributed by atoms with Gasteiger partial charge in [0.25, 0.3) is 6.47 Å². The third-order valence-electron chi connectivity index (χ3n) is 8.48. The van der Waals surface area contributed by atoms with Crippen molar-refractivity contribution in [1.82, 2.24) is 18.8 Å². The van der Waals surface area contributed by atoms with Crippen LogP contribution >= 0.6 is 34.9 Å². The summed E-state index contributed by atoms with van der Waals surface area (Å²) in [6.45, 7) is 2.34. The number of fused-ring (bicyclic) bond motifs is 2. The molecule has 0 radical (unpaired) electrons. The van der Waals surface area contributed by atoms with Crippen LogP contribution in [0.25, 0.3) is 10.9 Å². The molecule has 0 unspecified atom stereocenters. The number of amides is 1. The van der Waals surface area contributed by atoms with E-state index in [9.17, 15) is 33.8 Å². The van der Waals surface area contributed by atoms with E-state index in [1.165, 1.54) is 31.7 Å². The number of aliphatic carboxylic acids is 2. The molecule has 6 rings (SSSR count). The van der Waals surface area contributed by atoms with Gasteiger partial charge in [0.15, 0.2) is 35.6 Å². The molecule has 3 aromatic heterocycles. The van der Waals surface area contributed by atoms with Gasteiger partial charge in [0.05, 0.1) is 29.5 Å². The molecule has 1 saturated heterocycles. The topological polar surface area (TPSA) is 284 Å². The Morgan fingerprint density at radius 1 is 1.31 bits per heavy atom. The first-order valence-corrected chi connectivity index (χ1v) is 18.1. The molecule has 18 nitrogen and oxygen atoms in total. The molecule has 0 aliphatic carbocycles. The van der Waals surface area contributed by atoms with Crippen molar-refractivity contribution >= 4 is 92.6 Å². The van der Waals surface area contributed by atoms with Crippen molar-refractivity contribution in [3.63, 3.8) is 0 Å². The molecule has 2 aliphatic heterocycles. The van der Waals surface area contributed by atoms with Crippen LogP contribution in [0.1, 0.15) is 37.2 Å². The molecule has 1 aromatic carbocycles. The minimum absolute atomic E-state index is 0.0157. The molecule has 55 heavy (non-hydrogen) atoms. The second-order valence-electron chi connectivity index (χ2n) is 12.5. The largest absolute Gasteiger partial charge is 0.543 e. The van der Waals surface area contributed by atoms with Crippen molar-refractivity contribution in [2.75, 3.05) is 11.5 Å². The molecule has 0 saturated carbocycles. The number of thioether (sulfide) groups is 1. The zero-order chi connectivity index (χ0) is 40.4. The van der Waals surface area contributed by atoms with Crippen molar-refractivity contribution in [3.8, 4) is 0 Å². The fourth-order valence-electron chi connectivity index (χ4n) is 5.68. The van der Waals surface area contributed by atoms with E-state index in [2.05, 4.69) is 14.5 Å². The van der Waals surface area contributed by atoms with Crippen molar-refractivity contribution < 1.29 is 53.1 Å². The Morgan fingerprint density at radius 3 is 2.62 bits per heavy atom. The lowest BCUT2D eigenvalue weighted by Crippen LogP contribution is -2.63. The van der Waals surface area contributed by atoms with Gasteiger partial charge in [-0.2, -0.15) is 13.9 Å². The average molecular weight is 816 g/mol. The number of nitrogens with one attached hydrogen (secondary N) is 1. The number of hydrogen-bond donors (Lipinski definition) is 5. The maximum atomic E-state index is 15.0. The van der Waals surface area contributed by atoms with Crippen LogP contribution in [0, 0.1) is 17.1 Å². The number of pyridine rings is 1. The summed E-state index contributed by atoms with van der Waals surface area (Å²) in [5, 5.41) is 40.3. The van der Waals surface area contributed by atoms with E-state index in [1.807, 2.05) is 12.1 Å². The molecule has 1 fully saturated rings. The highest BCUT2D eigenvalue weighted by Crippen LogP contribution is 2.45. The normalized spacial score (nSPS) is 16.8. The van der Waals surface area contributed by atoms with Gasteiger partial charge in [-0.3, -0.25) is 24.7 Å². The lowest BCUT2D eigenvalue weighted by molar-refractivity contribution is -0.687. The molecule has 1 amide bonds. The Bertz CT molecular complexity index is 2290. The van der Waals surface area contributed by atoms with Crippen molar-refractivity contribution in [3.05, 3.63) is 81.9 Å². The number of hydrogen-bond acceptors (Lipinski definition) is 14. The van der Waals surface area contributed by atoms with E-state index in [0.29, 0.717) is 11.1 Å². The van der Waals surface area contributed by atoms with Gasteiger partial charge in [0.2, 0.25) is 17.3 Å². The smallest absolute Gasteiger partial charge is 0.350 e. The lowest BCUT2D eigenvalue weighted by Gasteiger charge is -2.50. The minimum atomic E-state index is -1.80. The number of rotatable bonds is 13. The monoisotopic (exact) mass is 815 g/mol. The number of amidine groups is 1. The number of halogens is 2. The molecule has 288 valence electrons. The first-order chi connectivity index (χ1) is 26.0. The second-order valence-corrected chi connectivity index (χ2v) is 14.8. The van der Waals surface area contributed by atoms with Crippen LogP contribution in [-0.4, -0.2) is 87.4 Å². The Labute approximate surface area is 323 Å². The van der Waals surface area contributed by atoms with Gasteiger partial charge < -0.3 is 41.0 Å². The predicted molar refractivity (Wildman–Crippen MR) is 194 cm³/mol. The molecule has 5 heterocycles. The number of Topliss-reactive ketones (excluding diaryl/α,β-unsaturated/α-hetero) is 1. The fourth-order valence-corrected chi connectivity index (χ4v) is 7.78. The van der Waals surface area contributed by atoms with Gasteiger partial charge in [-0.15, -0.1) is 11.8 Å². The highest BCUT2D eigenvalue weighted by molar-refractivity contribution is 8.00. The maximum Gasteiger partial charge on any atom is 0.350 e. The average Bonchev–Trinajstić information content (AvgIpc) is 3.73. The highest BCUT2D eigenvalue weighted by atomic mass is 35.5. The van der Waals surface area contributed by atoms with Gasteiger partial charge in [-0.05, 0) is 32.0 Å². The van der Waals surface area contributed by atoms with Gasteiger partial charge in [-0.25, -0.2) is 9.18 Å². The SMILES string of the molecule is CC(C)(O/N=C(\C(=O)C[C@@H]1C(=O)N2C(C(=O)[O-])=C(C[n+]3ccc4ccn(Cc5c(F)cc(C(=N)N)cc5Cl)c4c3)CS[C@H]12)c1nsc(N)n1)C(=O)O.O=CO. The Balaban J connectivity index is 0.00000187. The molecule has 0 spiro atoms. The second kappa shape index (κ2) is 16.2. The van der Waals surface area contributed by atoms with Crippen molar-refractivity contribution in [2.45, 2.75) is 44.3 Å². The summed E-state index contributed by atoms with van der Waals surface area (Å²) in [4.78, 5) is 69.4.